The van der Waals surface area contributed by atoms with Crippen molar-refractivity contribution in [2.45, 2.75) is 56.5 Å². The second-order valence-corrected chi connectivity index (χ2v) is 11.3. The van der Waals surface area contributed by atoms with Gasteiger partial charge in [-0.25, -0.2) is 17.9 Å². The maximum absolute atomic E-state index is 12.5. The molecule has 9 nitrogen and oxygen atoms in total. The number of rotatable bonds is 11. The Labute approximate surface area is 228 Å². The largest absolute Gasteiger partial charge is 0.492 e. The van der Waals surface area contributed by atoms with Gasteiger partial charge in [0.25, 0.3) is 0 Å². The van der Waals surface area contributed by atoms with E-state index in [1.165, 1.54) is 18.0 Å². The van der Waals surface area contributed by atoms with Gasteiger partial charge < -0.3 is 14.8 Å². The number of aromatic nitrogens is 2. The van der Waals surface area contributed by atoms with E-state index >= 15 is 0 Å². The summed E-state index contributed by atoms with van der Waals surface area (Å²) in [6, 6.07) is 13.5. The lowest BCUT2D eigenvalue weighted by Gasteiger charge is -2.34. The van der Waals surface area contributed by atoms with Crippen molar-refractivity contribution in [1.29, 1.82) is 0 Å². The van der Waals surface area contributed by atoms with Crippen molar-refractivity contribution in [2.75, 3.05) is 19.8 Å². The van der Waals surface area contributed by atoms with Gasteiger partial charge in [0.15, 0.2) is 0 Å². The topological polar surface area (TPSA) is 112 Å². The van der Waals surface area contributed by atoms with Crippen molar-refractivity contribution in [2.24, 2.45) is 0 Å². The summed E-state index contributed by atoms with van der Waals surface area (Å²) in [4.78, 5) is 12.4. The molecule has 0 radical (unpaired) electrons. The fraction of sp³-hybridized carbons (Fsp3) is 0.407. The smallest absolute Gasteiger partial charge is 0.407 e. The van der Waals surface area contributed by atoms with Crippen LogP contribution in [0.2, 0.25) is 5.02 Å². The number of fused-ring (bicyclic) bond motifs is 1. The number of halogens is 1. The van der Waals surface area contributed by atoms with Gasteiger partial charge in [0.05, 0.1) is 12.8 Å². The van der Waals surface area contributed by atoms with Crippen LogP contribution in [0.15, 0.2) is 59.8 Å². The molecule has 0 bridgehead atoms. The van der Waals surface area contributed by atoms with Crippen LogP contribution in [0.3, 0.4) is 0 Å². The number of hydrogen-bond acceptors (Lipinski definition) is 6. The third kappa shape index (κ3) is 7.06. The molecule has 0 spiro atoms. The summed E-state index contributed by atoms with van der Waals surface area (Å²) in [5, 5.41) is 7.72. The molecule has 204 valence electrons. The first kappa shape index (κ1) is 27.9. The molecule has 0 saturated carbocycles. The van der Waals surface area contributed by atoms with E-state index in [0.717, 1.165) is 24.0 Å². The van der Waals surface area contributed by atoms with Crippen LogP contribution in [0.1, 0.15) is 42.9 Å². The number of sulfonamides is 1. The van der Waals surface area contributed by atoms with Crippen molar-refractivity contribution < 1.29 is 22.7 Å². The third-order valence-electron chi connectivity index (χ3n) is 6.56. The van der Waals surface area contributed by atoms with E-state index in [9.17, 15) is 13.2 Å². The second kappa shape index (κ2) is 12.6. The van der Waals surface area contributed by atoms with E-state index in [1.54, 1.807) is 11.6 Å². The van der Waals surface area contributed by atoms with Crippen LogP contribution in [-0.2, 0) is 34.1 Å². The summed E-state index contributed by atoms with van der Waals surface area (Å²) in [7, 11) is -3.67. The predicted molar refractivity (Wildman–Crippen MR) is 145 cm³/mol. The highest BCUT2D eigenvalue weighted by molar-refractivity contribution is 7.89. The number of amides is 1. The zero-order chi connectivity index (χ0) is 27.1. The zero-order valence-electron chi connectivity index (χ0n) is 21.5. The first-order chi connectivity index (χ1) is 18.3. The Balaban J connectivity index is 1.46. The number of alkyl carbamates (subject to hydrolysis) is 1. The molecule has 4 rings (SSSR count). The van der Waals surface area contributed by atoms with E-state index in [-0.39, 0.29) is 30.0 Å². The molecule has 1 heterocycles. The van der Waals surface area contributed by atoms with Gasteiger partial charge in [0.2, 0.25) is 10.0 Å². The number of nitrogens with zero attached hydrogens (tertiary/aromatic N) is 2. The predicted octanol–water partition coefficient (Wildman–Crippen LogP) is 4.30. The Kier molecular flexibility index (Phi) is 9.30. The van der Waals surface area contributed by atoms with Gasteiger partial charge in [0, 0.05) is 36.3 Å². The van der Waals surface area contributed by atoms with Gasteiger partial charge >= 0.3 is 6.09 Å². The summed E-state index contributed by atoms with van der Waals surface area (Å²) in [6.45, 7) is 4.82. The lowest BCUT2D eigenvalue weighted by Crippen LogP contribution is -2.43. The minimum Gasteiger partial charge on any atom is -0.492 e. The van der Waals surface area contributed by atoms with Crippen molar-refractivity contribution >= 4 is 27.7 Å². The van der Waals surface area contributed by atoms with Crippen molar-refractivity contribution in [3.05, 3.63) is 76.6 Å². The highest BCUT2D eigenvalue weighted by Gasteiger charge is 2.31. The zero-order valence-corrected chi connectivity index (χ0v) is 23.1. The average molecular weight is 561 g/mol. The molecule has 1 aliphatic rings. The fourth-order valence-corrected chi connectivity index (χ4v) is 5.89. The number of aryl methyl sites for hydroxylation is 2. The second-order valence-electron chi connectivity index (χ2n) is 9.09. The minimum atomic E-state index is -3.67. The summed E-state index contributed by atoms with van der Waals surface area (Å²) >= 11 is 6.24. The van der Waals surface area contributed by atoms with E-state index in [2.05, 4.69) is 15.1 Å². The van der Waals surface area contributed by atoms with E-state index in [1.807, 2.05) is 49.4 Å². The van der Waals surface area contributed by atoms with Gasteiger partial charge in [-0.2, -0.15) is 5.10 Å². The number of ether oxygens (including phenoxy) is 2. The molecule has 0 fully saturated rings. The summed E-state index contributed by atoms with van der Waals surface area (Å²) in [5.41, 5.74) is 3.35. The Morgan fingerprint density at radius 1 is 1.21 bits per heavy atom. The summed E-state index contributed by atoms with van der Waals surface area (Å²) in [6.07, 6.45) is 4.67. The Bertz CT molecular complexity index is 1360. The van der Waals surface area contributed by atoms with Crippen LogP contribution in [0.4, 0.5) is 4.79 Å². The van der Waals surface area contributed by atoms with Crippen LogP contribution in [0, 0.1) is 0 Å². The standard InChI is InChI=1S/C27H33ClN4O5S/c1-3-32-18-23(17-29-32)38(34,35)30-12-13-37-22-10-8-20-9-11-26(31-27(33)36-4-2)25(24(20)16-22)15-19-6-5-7-21(28)14-19/h5-8,10,14,16-18,25-26,30H,3-4,9,11-13,15H2,1-2H3,(H,31,33). The first-order valence-electron chi connectivity index (χ1n) is 12.7. The molecule has 2 atom stereocenters. The molecule has 1 amide bonds. The highest BCUT2D eigenvalue weighted by Crippen LogP contribution is 2.37. The normalized spacial score (nSPS) is 17.0. The molecule has 0 aliphatic heterocycles. The molecule has 38 heavy (non-hydrogen) atoms. The fourth-order valence-electron chi connectivity index (χ4n) is 4.72. The minimum absolute atomic E-state index is 0.0150. The molecule has 2 unspecified atom stereocenters. The molecule has 2 N–H and O–H groups in total. The van der Waals surface area contributed by atoms with Gasteiger partial charge in [-0.05, 0) is 74.1 Å². The Morgan fingerprint density at radius 3 is 2.79 bits per heavy atom. The Hall–Kier alpha value is -3.08. The molecular formula is C27H33ClN4O5S. The molecule has 2 aromatic carbocycles. The number of nitrogens with one attached hydrogen (secondary N) is 2. The molecule has 3 aromatic rings. The quantitative estimate of drug-likeness (QED) is 0.338. The lowest BCUT2D eigenvalue weighted by molar-refractivity contribution is 0.144. The SMILES string of the molecule is CCOC(=O)NC1CCc2ccc(OCCNS(=O)(=O)c3cnn(CC)c3)cc2C1Cc1cccc(Cl)c1. The molecule has 1 aliphatic carbocycles. The maximum atomic E-state index is 12.5. The first-order valence-corrected chi connectivity index (χ1v) is 14.6. The average Bonchev–Trinajstić information content (AvgIpc) is 3.39. The molecule has 0 saturated heterocycles. The Morgan fingerprint density at radius 2 is 2.05 bits per heavy atom. The van der Waals surface area contributed by atoms with E-state index in [4.69, 9.17) is 21.1 Å². The van der Waals surface area contributed by atoms with E-state index in [0.29, 0.717) is 30.3 Å². The van der Waals surface area contributed by atoms with Crippen LogP contribution in [0.5, 0.6) is 5.75 Å². The maximum Gasteiger partial charge on any atom is 0.407 e. The molecule has 11 heteroatoms. The van der Waals surface area contributed by atoms with Gasteiger partial charge in [-0.1, -0.05) is 29.8 Å². The van der Waals surface area contributed by atoms with Crippen LogP contribution in [0.25, 0.3) is 0 Å². The highest BCUT2D eigenvalue weighted by atomic mass is 35.5. The summed E-state index contributed by atoms with van der Waals surface area (Å²) in [5.74, 6) is 0.619. The monoisotopic (exact) mass is 560 g/mol. The molecule has 1 aromatic heterocycles. The van der Waals surface area contributed by atoms with Crippen molar-refractivity contribution in [3.8, 4) is 5.75 Å². The number of carbonyl (C=O) groups excluding carboxylic acids is 1. The van der Waals surface area contributed by atoms with Crippen molar-refractivity contribution in [1.82, 2.24) is 19.8 Å². The number of benzene rings is 2. The van der Waals surface area contributed by atoms with Gasteiger partial charge in [-0.3, -0.25) is 4.68 Å². The lowest BCUT2D eigenvalue weighted by atomic mass is 9.76. The number of carbonyl (C=O) groups is 1. The van der Waals surface area contributed by atoms with Crippen molar-refractivity contribution in [3.63, 3.8) is 0 Å². The summed E-state index contributed by atoms with van der Waals surface area (Å²) < 4.78 is 40.2. The van der Waals surface area contributed by atoms with E-state index < -0.39 is 16.1 Å². The number of hydrogen-bond donors (Lipinski definition) is 2. The van der Waals surface area contributed by atoms with Crippen LogP contribution >= 0.6 is 11.6 Å². The van der Waals surface area contributed by atoms with Gasteiger partial charge in [-0.15, -0.1) is 0 Å². The third-order valence-corrected chi connectivity index (χ3v) is 8.21. The van der Waals surface area contributed by atoms with Gasteiger partial charge in [0.1, 0.15) is 17.3 Å². The molecular weight excluding hydrogens is 528 g/mol. The van der Waals surface area contributed by atoms with Crippen LogP contribution < -0.4 is 14.8 Å². The van der Waals surface area contributed by atoms with Crippen LogP contribution in [-0.4, -0.2) is 50.1 Å².